The molecule has 1 unspecified atom stereocenters. The van der Waals surface area contributed by atoms with Crippen molar-refractivity contribution in [2.45, 2.75) is 412 Å². The third-order valence-electron chi connectivity index (χ3n) is 16.5. The molecule has 0 fully saturated rings. The standard InChI is InChI=1S/C73H138O6/c1-4-7-10-13-16-19-22-25-28-30-32-34-36-38-40-42-45-48-51-54-57-60-63-66-72(75)78-69-70(68-77-71(74)65-62-59-56-53-50-47-44-27-24-21-18-15-12-9-6-3)79-73(76)67-64-61-58-55-52-49-46-43-41-39-37-35-33-31-29-26-23-20-17-14-11-8-5-2/h18,21,27,44,70H,4-17,19-20,22-26,28-43,45-69H2,1-3H3/b21-18-,44-27-. The van der Waals surface area contributed by atoms with Crippen molar-refractivity contribution in [2.75, 3.05) is 13.2 Å². The number of esters is 3. The summed E-state index contributed by atoms with van der Waals surface area (Å²) in [6.07, 6.45) is 83.5. The van der Waals surface area contributed by atoms with Gasteiger partial charge >= 0.3 is 17.9 Å². The molecule has 0 bridgehead atoms. The summed E-state index contributed by atoms with van der Waals surface area (Å²) >= 11 is 0. The Morgan fingerprint density at radius 1 is 0.253 bits per heavy atom. The smallest absolute Gasteiger partial charge is 0.306 e. The molecule has 0 aliphatic rings. The zero-order valence-electron chi connectivity index (χ0n) is 53.7. The van der Waals surface area contributed by atoms with Crippen LogP contribution in [0.5, 0.6) is 0 Å². The fourth-order valence-electron chi connectivity index (χ4n) is 11.1. The van der Waals surface area contributed by atoms with Crippen molar-refractivity contribution in [3.63, 3.8) is 0 Å². The molecule has 0 aliphatic carbocycles. The summed E-state index contributed by atoms with van der Waals surface area (Å²) in [5, 5.41) is 0. The number of allylic oxidation sites excluding steroid dienone is 4. The second-order valence-corrected chi connectivity index (χ2v) is 24.5. The largest absolute Gasteiger partial charge is 0.462 e. The molecule has 0 N–H and O–H groups in total. The number of rotatable bonds is 67. The number of ether oxygens (including phenoxy) is 3. The molecule has 0 heterocycles. The number of hydrogen-bond acceptors (Lipinski definition) is 6. The molecular weight excluding hydrogens is 973 g/mol. The van der Waals surface area contributed by atoms with E-state index in [9.17, 15) is 14.4 Å². The molecule has 0 aliphatic heterocycles. The van der Waals surface area contributed by atoms with Gasteiger partial charge < -0.3 is 14.2 Å². The van der Waals surface area contributed by atoms with Crippen LogP contribution < -0.4 is 0 Å². The highest BCUT2D eigenvalue weighted by molar-refractivity contribution is 5.71. The van der Waals surface area contributed by atoms with Gasteiger partial charge in [0, 0.05) is 19.3 Å². The summed E-state index contributed by atoms with van der Waals surface area (Å²) in [5.41, 5.74) is 0. The highest BCUT2D eigenvalue weighted by atomic mass is 16.6. The summed E-state index contributed by atoms with van der Waals surface area (Å²) in [7, 11) is 0. The topological polar surface area (TPSA) is 78.9 Å². The number of hydrogen-bond donors (Lipinski definition) is 0. The minimum atomic E-state index is -0.774. The predicted octanol–water partition coefficient (Wildman–Crippen LogP) is 24.6. The lowest BCUT2D eigenvalue weighted by molar-refractivity contribution is -0.167. The van der Waals surface area contributed by atoms with E-state index in [1.165, 1.54) is 289 Å². The fourth-order valence-corrected chi connectivity index (χ4v) is 11.1. The van der Waals surface area contributed by atoms with E-state index in [0.717, 1.165) is 77.0 Å². The third kappa shape index (κ3) is 66.6. The van der Waals surface area contributed by atoms with Crippen molar-refractivity contribution in [3.8, 4) is 0 Å². The molecule has 0 aromatic heterocycles. The monoisotopic (exact) mass is 1110 g/mol. The van der Waals surface area contributed by atoms with E-state index < -0.39 is 6.10 Å². The summed E-state index contributed by atoms with van der Waals surface area (Å²) in [6.45, 7) is 6.69. The average Bonchev–Trinajstić information content (AvgIpc) is 3.45. The highest BCUT2D eigenvalue weighted by Gasteiger charge is 2.19. The van der Waals surface area contributed by atoms with E-state index in [4.69, 9.17) is 14.2 Å². The molecule has 6 nitrogen and oxygen atoms in total. The normalized spacial score (nSPS) is 12.1. The van der Waals surface area contributed by atoms with Crippen LogP contribution in [0.15, 0.2) is 24.3 Å². The summed E-state index contributed by atoms with van der Waals surface area (Å²) < 4.78 is 17.0. The molecular formula is C73H138O6. The van der Waals surface area contributed by atoms with Crippen molar-refractivity contribution < 1.29 is 28.6 Å². The first-order valence-corrected chi connectivity index (χ1v) is 35.8. The van der Waals surface area contributed by atoms with Crippen LogP contribution in [-0.4, -0.2) is 37.2 Å². The van der Waals surface area contributed by atoms with E-state index in [2.05, 4.69) is 45.1 Å². The minimum Gasteiger partial charge on any atom is -0.462 e. The highest BCUT2D eigenvalue weighted by Crippen LogP contribution is 2.19. The molecule has 0 radical (unpaired) electrons. The third-order valence-corrected chi connectivity index (χ3v) is 16.5. The lowest BCUT2D eigenvalue weighted by Crippen LogP contribution is -2.30. The molecule has 1 atom stereocenters. The first-order valence-electron chi connectivity index (χ1n) is 35.8. The molecule has 0 amide bonds. The zero-order valence-corrected chi connectivity index (χ0v) is 53.7. The molecule has 0 saturated carbocycles. The molecule has 0 rings (SSSR count). The van der Waals surface area contributed by atoms with Crippen LogP contribution in [0.3, 0.4) is 0 Å². The summed E-state index contributed by atoms with van der Waals surface area (Å²) in [4.78, 5) is 38.5. The predicted molar refractivity (Wildman–Crippen MR) is 344 cm³/mol. The van der Waals surface area contributed by atoms with Crippen LogP contribution in [0, 0.1) is 0 Å². The number of carbonyl (C=O) groups is 3. The average molecular weight is 1110 g/mol. The van der Waals surface area contributed by atoms with Gasteiger partial charge in [-0.15, -0.1) is 0 Å². The molecule has 0 spiro atoms. The van der Waals surface area contributed by atoms with Gasteiger partial charge in [0.25, 0.3) is 0 Å². The van der Waals surface area contributed by atoms with Gasteiger partial charge in [0.05, 0.1) is 0 Å². The summed E-state index contributed by atoms with van der Waals surface area (Å²) in [6, 6.07) is 0. The number of unbranched alkanes of at least 4 members (excludes halogenated alkanes) is 52. The zero-order chi connectivity index (χ0) is 57.1. The van der Waals surface area contributed by atoms with Crippen LogP contribution in [0.4, 0.5) is 0 Å². The SMILES string of the molecule is CCCCC/C=C\C/C=C\CCCCCCCC(=O)OCC(COC(=O)CCCCCCCCCCCCCCCCCCCCCCCCC)OC(=O)CCCCCCCCCCCCCCCCCCCCCCCCC. The summed E-state index contributed by atoms with van der Waals surface area (Å²) in [5.74, 6) is -0.849. The van der Waals surface area contributed by atoms with Gasteiger partial charge in [-0.25, -0.2) is 0 Å². The lowest BCUT2D eigenvalue weighted by atomic mass is 10.0. The fraction of sp³-hybridized carbons (Fsp3) is 0.904. The lowest BCUT2D eigenvalue weighted by Gasteiger charge is -2.18. The van der Waals surface area contributed by atoms with Crippen LogP contribution in [0.25, 0.3) is 0 Å². The maximum absolute atomic E-state index is 13.0. The molecule has 79 heavy (non-hydrogen) atoms. The van der Waals surface area contributed by atoms with Gasteiger partial charge in [0.2, 0.25) is 0 Å². The molecule has 0 saturated heterocycles. The Balaban J connectivity index is 4.26. The maximum atomic E-state index is 13.0. The Kier molecular flexibility index (Phi) is 66.6. The Labute approximate surface area is 493 Å². The Bertz CT molecular complexity index is 1270. The van der Waals surface area contributed by atoms with Gasteiger partial charge in [0.15, 0.2) is 6.10 Å². The van der Waals surface area contributed by atoms with E-state index >= 15 is 0 Å². The van der Waals surface area contributed by atoms with Gasteiger partial charge in [-0.05, 0) is 51.4 Å². The van der Waals surface area contributed by atoms with E-state index in [0.29, 0.717) is 19.3 Å². The van der Waals surface area contributed by atoms with E-state index in [-0.39, 0.29) is 31.1 Å². The molecule has 0 aromatic carbocycles. The Hall–Kier alpha value is -2.11. The molecule has 0 aromatic rings. The van der Waals surface area contributed by atoms with E-state index in [1.54, 1.807) is 0 Å². The van der Waals surface area contributed by atoms with Gasteiger partial charge in [0.1, 0.15) is 13.2 Å². The second-order valence-electron chi connectivity index (χ2n) is 24.5. The number of carbonyl (C=O) groups excluding carboxylic acids is 3. The van der Waals surface area contributed by atoms with Gasteiger partial charge in [-0.2, -0.15) is 0 Å². The first-order chi connectivity index (χ1) is 39.0. The van der Waals surface area contributed by atoms with Gasteiger partial charge in [-0.1, -0.05) is 360 Å². The Morgan fingerprint density at radius 2 is 0.456 bits per heavy atom. The molecule has 6 heteroatoms. The van der Waals surface area contributed by atoms with Crippen LogP contribution in [0.2, 0.25) is 0 Å². The first kappa shape index (κ1) is 76.9. The minimum absolute atomic E-state index is 0.0691. The van der Waals surface area contributed by atoms with Crippen molar-refractivity contribution in [3.05, 3.63) is 24.3 Å². The molecule has 466 valence electrons. The maximum Gasteiger partial charge on any atom is 0.306 e. The van der Waals surface area contributed by atoms with Crippen molar-refractivity contribution in [2.24, 2.45) is 0 Å². The van der Waals surface area contributed by atoms with Gasteiger partial charge in [-0.3, -0.25) is 14.4 Å². The van der Waals surface area contributed by atoms with Crippen LogP contribution in [0.1, 0.15) is 406 Å². The Morgan fingerprint density at radius 3 is 0.722 bits per heavy atom. The van der Waals surface area contributed by atoms with Crippen molar-refractivity contribution in [1.82, 2.24) is 0 Å². The van der Waals surface area contributed by atoms with Crippen molar-refractivity contribution in [1.29, 1.82) is 0 Å². The second kappa shape index (κ2) is 68.4. The quantitative estimate of drug-likeness (QED) is 0.0261. The van der Waals surface area contributed by atoms with Crippen LogP contribution >= 0.6 is 0 Å². The van der Waals surface area contributed by atoms with E-state index in [1.807, 2.05) is 0 Å². The van der Waals surface area contributed by atoms with Crippen LogP contribution in [-0.2, 0) is 28.6 Å². The van der Waals surface area contributed by atoms with Crippen molar-refractivity contribution >= 4 is 17.9 Å².